The van der Waals surface area contributed by atoms with E-state index in [9.17, 15) is 17.4 Å². The molecule has 1 unspecified atom stereocenters. The summed E-state index contributed by atoms with van der Waals surface area (Å²) in [5.41, 5.74) is 2.41. The third kappa shape index (κ3) is 3.77. The zero-order valence-corrected chi connectivity index (χ0v) is 15.1. The molecule has 1 atom stereocenters. The van der Waals surface area contributed by atoms with Crippen molar-refractivity contribution >= 4 is 27.6 Å². The Hall–Kier alpha value is -3.13. The molecule has 0 spiro atoms. The molecule has 28 heavy (non-hydrogen) atoms. The molecule has 4 aromatic rings. The SMILES string of the molecule is O=S(Nc1cccc(-c2ccc3cn[nH]c3c2)c1)c1cccc(C(F)(F)F)c1. The van der Waals surface area contributed by atoms with E-state index in [-0.39, 0.29) is 4.90 Å². The molecule has 0 aliphatic carbocycles. The molecule has 142 valence electrons. The number of halogens is 3. The normalized spacial score (nSPS) is 12.8. The van der Waals surface area contributed by atoms with Crippen molar-refractivity contribution < 1.29 is 17.4 Å². The minimum atomic E-state index is -4.48. The predicted octanol–water partition coefficient (Wildman–Crippen LogP) is 5.38. The molecule has 0 aliphatic heterocycles. The highest BCUT2D eigenvalue weighted by atomic mass is 32.2. The Morgan fingerprint density at radius 2 is 1.71 bits per heavy atom. The van der Waals surface area contributed by atoms with Gasteiger partial charge in [-0.1, -0.05) is 30.3 Å². The summed E-state index contributed by atoms with van der Waals surface area (Å²) in [5, 5.41) is 7.89. The predicted molar refractivity (Wildman–Crippen MR) is 103 cm³/mol. The highest BCUT2D eigenvalue weighted by Crippen LogP contribution is 2.31. The van der Waals surface area contributed by atoms with Crippen LogP contribution in [0.25, 0.3) is 22.0 Å². The summed E-state index contributed by atoms with van der Waals surface area (Å²) >= 11 is 0. The van der Waals surface area contributed by atoms with Crippen LogP contribution in [-0.4, -0.2) is 14.4 Å². The van der Waals surface area contributed by atoms with E-state index in [1.165, 1.54) is 12.1 Å². The Morgan fingerprint density at radius 1 is 0.929 bits per heavy atom. The second-order valence-electron chi connectivity index (χ2n) is 6.15. The van der Waals surface area contributed by atoms with E-state index in [0.29, 0.717) is 5.69 Å². The molecule has 0 bridgehead atoms. The number of nitrogens with zero attached hydrogens (tertiary/aromatic N) is 1. The zero-order chi connectivity index (χ0) is 19.7. The van der Waals surface area contributed by atoms with Gasteiger partial charge in [0.25, 0.3) is 0 Å². The molecule has 1 aromatic heterocycles. The summed E-state index contributed by atoms with van der Waals surface area (Å²) in [6.45, 7) is 0. The number of aromatic nitrogens is 2. The van der Waals surface area contributed by atoms with Gasteiger partial charge in [-0.3, -0.25) is 5.10 Å². The fraction of sp³-hybridized carbons (Fsp3) is 0.0500. The fourth-order valence-corrected chi connectivity index (χ4v) is 3.73. The lowest BCUT2D eigenvalue weighted by atomic mass is 10.0. The van der Waals surface area contributed by atoms with Crippen LogP contribution >= 0.6 is 0 Å². The highest BCUT2D eigenvalue weighted by Gasteiger charge is 2.30. The van der Waals surface area contributed by atoms with E-state index < -0.39 is 22.7 Å². The number of alkyl halides is 3. The van der Waals surface area contributed by atoms with E-state index in [1.807, 2.05) is 24.3 Å². The van der Waals surface area contributed by atoms with Crippen molar-refractivity contribution in [2.24, 2.45) is 0 Å². The summed E-state index contributed by atoms with van der Waals surface area (Å²) in [6.07, 6.45) is -2.75. The number of benzene rings is 3. The number of hydrogen-bond acceptors (Lipinski definition) is 2. The van der Waals surface area contributed by atoms with Crippen LogP contribution in [-0.2, 0) is 17.2 Å². The smallest absolute Gasteiger partial charge is 0.301 e. The lowest BCUT2D eigenvalue weighted by Crippen LogP contribution is -2.09. The molecule has 0 fully saturated rings. The molecule has 0 saturated heterocycles. The molecule has 0 amide bonds. The number of nitrogens with one attached hydrogen (secondary N) is 2. The molecule has 4 nitrogen and oxygen atoms in total. The van der Waals surface area contributed by atoms with Gasteiger partial charge in [0.15, 0.2) is 0 Å². The topological polar surface area (TPSA) is 57.8 Å². The van der Waals surface area contributed by atoms with Crippen molar-refractivity contribution in [3.8, 4) is 11.1 Å². The van der Waals surface area contributed by atoms with Gasteiger partial charge in [0.1, 0.15) is 11.0 Å². The van der Waals surface area contributed by atoms with Crippen molar-refractivity contribution in [2.75, 3.05) is 4.72 Å². The Bertz CT molecular complexity index is 1170. The number of aromatic amines is 1. The lowest BCUT2D eigenvalue weighted by Gasteiger charge is -2.11. The number of rotatable bonds is 4. The second-order valence-corrected chi connectivity index (χ2v) is 7.36. The maximum atomic E-state index is 12.9. The molecule has 2 N–H and O–H groups in total. The maximum absolute atomic E-state index is 12.9. The molecule has 0 radical (unpaired) electrons. The van der Waals surface area contributed by atoms with Crippen LogP contribution < -0.4 is 4.72 Å². The summed E-state index contributed by atoms with van der Waals surface area (Å²) in [4.78, 5) is 0.0547. The summed E-state index contributed by atoms with van der Waals surface area (Å²) in [6, 6.07) is 17.5. The average Bonchev–Trinajstić information content (AvgIpc) is 3.15. The Balaban J connectivity index is 1.59. The molecular formula is C20H14F3N3OS. The first-order valence-corrected chi connectivity index (χ1v) is 9.44. The van der Waals surface area contributed by atoms with Gasteiger partial charge in [-0.05, 0) is 47.5 Å². The minimum Gasteiger partial charge on any atom is -0.301 e. The second kappa shape index (κ2) is 7.12. The molecule has 0 saturated carbocycles. The van der Waals surface area contributed by atoms with Crippen LogP contribution in [0.3, 0.4) is 0 Å². The quantitative estimate of drug-likeness (QED) is 0.482. The molecule has 1 heterocycles. The lowest BCUT2D eigenvalue weighted by molar-refractivity contribution is -0.137. The van der Waals surface area contributed by atoms with E-state index >= 15 is 0 Å². The van der Waals surface area contributed by atoms with Crippen LogP contribution in [0.1, 0.15) is 5.56 Å². The summed E-state index contributed by atoms with van der Waals surface area (Å²) in [5.74, 6) is 0. The van der Waals surface area contributed by atoms with E-state index in [0.717, 1.165) is 34.2 Å². The Morgan fingerprint density at radius 3 is 2.54 bits per heavy atom. The van der Waals surface area contributed by atoms with Crippen molar-refractivity contribution in [1.82, 2.24) is 10.2 Å². The van der Waals surface area contributed by atoms with Gasteiger partial charge in [0.05, 0.1) is 22.2 Å². The zero-order valence-electron chi connectivity index (χ0n) is 14.3. The molecule has 4 rings (SSSR count). The van der Waals surface area contributed by atoms with E-state index in [4.69, 9.17) is 0 Å². The van der Waals surface area contributed by atoms with Crippen LogP contribution in [0.4, 0.5) is 18.9 Å². The largest absolute Gasteiger partial charge is 0.416 e. The third-order valence-corrected chi connectivity index (χ3v) is 5.33. The number of anilines is 1. The number of fused-ring (bicyclic) bond motifs is 1. The Kier molecular flexibility index (Phi) is 4.64. The summed E-state index contributed by atoms with van der Waals surface area (Å²) in [7, 11) is -1.83. The minimum absolute atomic E-state index is 0.0547. The van der Waals surface area contributed by atoms with Crippen LogP contribution in [0, 0.1) is 0 Å². The van der Waals surface area contributed by atoms with Gasteiger partial charge >= 0.3 is 6.18 Å². The molecule has 0 aliphatic rings. The number of hydrogen-bond donors (Lipinski definition) is 2. The van der Waals surface area contributed by atoms with Gasteiger partial charge in [0.2, 0.25) is 0 Å². The van der Waals surface area contributed by atoms with Crippen molar-refractivity contribution in [1.29, 1.82) is 0 Å². The first-order chi connectivity index (χ1) is 13.4. The standard InChI is InChI=1S/C20H14F3N3OS/c21-20(22,23)16-4-2-6-18(11-16)28(27)26-17-5-1-3-13(9-17)14-7-8-15-12-24-25-19(15)10-14/h1-12,26H,(H,24,25). The van der Waals surface area contributed by atoms with Crippen molar-refractivity contribution in [3.63, 3.8) is 0 Å². The fourth-order valence-electron chi connectivity index (χ4n) is 2.83. The summed E-state index contributed by atoms with van der Waals surface area (Å²) < 4.78 is 53.8. The van der Waals surface area contributed by atoms with Gasteiger partial charge in [-0.25, -0.2) is 4.21 Å². The van der Waals surface area contributed by atoms with Gasteiger partial charge in [0, 0.05) is 11.1 Å². The van der Waals surface area contributed by atoms with Gasteiger partial charge in [-0.2, -0.15) is 18.3 Å². The van der Waals surface area contributed by atoms with Crippen molar-refractivity contribution in [3.05, 3.63) is 78.5 Å². The van der Waals surface area contributed by atoms with E-state index in [1.54, 1.807) is 24.4 Å². The average molecular weight is 401 g/mol. The monoisotopic (exact) mass is 401 g/mol. The van der Waals surface area contributed by atoms with Gasteiger partial charge < -0.3 is 4.72 Å². The first-order valence-electron chi connectivity index (χ1n) is 8.29. The van der Waals surface area contributed by atoms with E-state index in [2.05, 4.69) is 14.9 Å². The van der Waals surface area contributed by atoms with Crippen LogP contribution in [0.15, 0.2) is 77.8 Å². The van der Waals surface area contributed by atoms with Crippen LogP contribution in [0.5, 0.6) is 0 Å². The molecular weight excluding hydrogens is 387 g/mol. The van der Waals surface area contributed by atoms with Crippen LogP contribution in [0.2, 0.25) is 0 Å². The first kappa shape index (κ1) is 18.2. The van der Waals surface area contributed by atoms with Crippen molar-refractivity contribution in [2.45, 2.75) is 11.1 Å². The molecule has 3 aromatic carbocycles. The van der Waals surface area contributed by atoms with Gasteiger partial charge in [-0.15, -0.1) is 0 Å². The molecule has 8 heteroatoms. The maximum Gasteiger partial charge on any atom is 0.416 e. The highest BCUT2D eigenvalue weighted by molar-refractivity contribution is 7.86. The number of H-pyrrole nitrogens is 1. The third-order valence-electron chi connectivity index (χ3n) is 4.22. The Labute approximate surface area is 161 Å².